The summed E-state index contributed by atoms with van der Waals surface area (Å²) in [6, 6.07) is 13.3. The molecule has 2 aromatic carbocycles. The Balaban J connectivity index is 1.31. The number of likely N-dealkylation sites (tertiary alicyclic amines) is 2. The monoisotopic (exact) mass is 683 g/mol. The molecule has 1 N–H and O–H groups in total. The van der Waals surface area contributed by atoms with Gasteiger partial charge < -0.3 is 19.9 Å². The van der Waals surface area contributed by atoms with Crippen molar-refractivity contribution in [2.45, 2.75) is 74.7 Å². The second kappa shape index (κ2) is 14.2. The number of nitrogens with one attached hydrogen (secondary N) is 1. The zero-order valence-electron chi connectivity index (χ0n) is 28.1. The minimum atomic E-state index is -4.57. The molecule has 0 unspecified atom stereocenters. The lowest BCUT2D eigenvalue weighted by atomic mass is 9.84. The second-order valence-electron chi connectivity index (χ2n) is 14.1. The fourth-order valence-electron chi connectivity index (χ4n) is 8.69. The summed E-state index contributed by atoms with van der Waals surface area (Å²) in [6.07, 6.45) is 0.556. The van der Waals surface area contributed by atoms with Crippen molar-refractivity contribution >= 4 is 17.5 Å². The van der Waals surface area contributed by atoms with E-state index in [2.05, 4.69) is 16.3 Å². The largest absolute Gasteiger partial charge is 0.497 e. The molecule has 12 heteroatoms. The van der Waals surface area contributed by atoms with Gasteiger partial charge in [0, 0.05) is 82.2 Å². The number of hydrogen-bond donors (Lipinski definition) is 1. The summed E-state index contributed by atoms with van der Waals surface area (Å²) in [7, 11) is 3.13. The van der Waals surface area contributed by atoms with Gasteiger partial charge in [-0.2, -0.15) is 18.4 Å². The van der Waals surface area contributed by atoms with E-state index in [4.69, 9.17) is 4.74 Å². The van der Waals surface area contributed by atoms with Gasteiger partial charge in [0.15, 0.2) is 0 Å². The van der Waals surface area contributed by atoms with Gasteiger partial charge in [-0.1, -0.05) is 31.0 Å². The average Bonchev–Trinajstić information content (AvgIpc) is 3.87. The number of benzene rings is 2. The number of carbonyl (C=O) groups excluding carboxylic acids is 2. The van der Waals surface area contributed by atoms with Gasteiger partial charge >= 0.3 is 6.18 Å². The number of nitriles is 1. The number of carbonyl (C=O) groups is 2. The number of amides is 2. The summed E-state index contributed by atoms with van der Waals surface area (Å²) in [5.74, 6) is -1.86. The molecule has 2 aromatic rings. The normalized spacial score (nSPS) is 27.0. The van der Waals surface area contributed by atoms with E-state index in [1.165, 1.54) is 11.0 Å². The highest BCUT2D eigenvalue weighted by molar-refractivity contribution is 5.88. The van der Waals surface area contributed by atoms with Gasteiger partial charge in [-0.25, -0.2) is 4.39 Å². The first-order chi connectivity index (χ1) is 23.5. The number of rotatable bonds is 8. The molecular formula is C37H45F4N5O3. The maximum absolute atomic E-state index is 17.6. The number of piperidine rings is 1. The molecule has 3 saturated heterocycles. The maximum Gasteiger partial charge on any atom is 0.416 e. The van der Waals surface area contributed by atoms with Crippen LogP contribution in [0.5, 0.6) is 5.75 Å². The molecule has 4 fully saturated rings. The lowest BCUT2D eigenvalue weighted by Crippen LogP contribution is -2.50. The molecule has 6 rings (SSSR count). The molecule has 49 heavy (non-hydrogen) atoms. The van der Waals surface area contributed by atoms with Gasteiger partial charge in [0.2, 0.25) is 11.6 Å². The number of anilines is 1. The summed E-state index contributed by atoms with van der Waals surface area (Å²) in [5.41, 5.74) is -1.28. The van der Waals surface area contributed by atoms with Gasteiger partial charge in [-0.3, -0.25) is 14.5 Å². The summed E-state index contributed by atoms with van der Waals surface area (Å²) < 4.78 is 64.9. The van der Waals surface area contributed by atoms with Gasteiger partial charge in [0.1, 0.15) is 5.75 Å². The minimum absolute atomic E-state index is 0.0247. The molecule has 1 saturated carbocycles. The molecule has 0 aromatic heterocycles. The van der Waals surface area contributed by atoms with Crippen molar-refractivity contribution in [3.63, 3.8) is 0 Å². The van der Waals surface area contributed by atoms with Crippen LogP contribution in [0.1, 0.15) is 73.5 Å². The molecule has 4 atom stereocenters. The molecule has 3 heterocycles. The van der Waals surface area contributed by atoms with Crippen LogP contribution in [0, 0.1) is 23.2 Å². The first-order valence-corrected chi connectivity index (χ1v) is 17.4. The molecule has 8 nitrogen and oxygen atoms in total. The number of halogens is 4. The quantitative estimate of drug-likeness (QED) is 0.350. The predicted molar refractivity (Wildman–Crippen MR) is 177 cm³/mol. The fraction of sp³-hybridized carbons (Fsp3) is 0.595. The van der Waals surface area contributed by atoms with E-state index in [1.54, 1.807) is 26.3 Å². The van der Waals surface area contributed by atoms with Crippen molar-refractivity contribution in [2.75, 3.05) is 58.3 Å². The third kappa shape index (κ3) is 6.96. The van der Waals surface area contributed by atoms with Crippen LogP contribution >= 0.6 is 0 Å². The Hall–Kier alpha value is -3.85. The van der Waals surface area contributed by atoms with Gasteiger partial charge in [-0.05, 0) is 67.0 Å². The third-order valence-corrected chi connectivity index (χ3v) is 11.4. The van der Waals surface area contributed by atoms with Crippen molar-refractivity contribution in [1.29, 1.82) is 5.26 Å². The first kappa shape index (κ1) is 35.0. The fourth-order valence-corrected chi connectivity index (χ4v) is 8.69. The van der Waals surface area contributed by atoms with Crippen molar-refractivity contribution < 1.29 is 31.9 Å². The smallest absolute Gasteiger partial charge is 0.416 e. The van der Waals surface area contributed by atoms with E-state index in [0.29, 0.717) is 55.0 Å². The summed E-state index contributed by atoms with van der Waals surface area (Å²) >= 11 is 0. The van der Waals surface area contributed by atoms with Crippen molar-refractivity contribution in [2.24, 2.45) is 11.8 Å². The molecule has 264 valence electrons. The van der Waals surface area contributed by atoms with Crippen LogP contribution in [0.3, 0.4) is 0 Å². The van der Waals surface area contributed by atoms with Gasteiger partial charge in [0.05, 0.1) is 18.7 Å². The third-order valence-electron chi connectivity index (χ3n) is 11.4. The molecule has 0 radical (unpaired) electrons. The van der Waals surface area contributed by atoms with E-state index in [9.17, 15) is 28.0 Å². The van der Waals surface area contributed by atoms with E-state index < -0.39 is 35.2 Å². The van der Waals surface area contributed by atoms with Crippen LogP contribution in [-0.2, 0) is 15.8 Å². The Morgan fingerprint density at radius 3 is 2.33 bits per heavy atom. The van der Waals surface area contributed by atoms with E-state index >= 15 is 4.39 Å². The zero-order chi connectivity index (χ0) is 34.9. The number of ether oxygens (including phenoxy) is 1. The second-order valence-corrected chi connectivity index (χ2v) is 14.1. The first-order valence-electron chi connectivity index (χ1n) is 17.4. The number of nitrogens with zero attached hydrogens (tertiary/aromatic N) is 4. The van der Waals surface area contributed by atoms with E-state index in [-0.39, 0.29) is 49.8 Å². The predicted octanol–water partition coefficient (Wildman–Crippen LogP) is 5.88. The van der Waals surface area contributed by atoms with Crippen LogP contribution in [0.4, 0.5) is 23.2 Å². The lowest BCUT2D eigenvalue weighted by molar-refractivity contribution is -0.143. The lowest BCUT2D eigenvalue weighted by Gasteiger charge is -2.36. The summed E-state index contributed by atoms with van der Waals surface area (Å²) in [4.78, 5) is 32.3. The number of hydrogen-bond acceptors (Lipinski definition) is 6. The Morgan fingerprint density at radius 2 is 1.71 bits per heavy atom. The Bertz CT molecular complexity index is 1550. The Morgan fingerprint density at radius 1 is 1.02 bits per heavy atom. The van der Waals surface area contributed by atoms with Gasteiger partial charge in [0.25, 0.3) is 5.91 Å². The summed E-state index contributed by atoms with van der Waals surface area (Å²) in [5, 5.41) is 12.5. The van der Waals surface area contributed by atoms with Gasteiger partial charge in [-0.15, -0.1) is 0 Å². The highest BCUT2D eigenvalue weighted by atomic mass is 19.4. The molecule has 0 spiro atoms. The molecule has 3 aliphatic heterocycles. The van der Waals surface area contributed by atoms with Crippen LogP contribution in [0.15, 0.2) is 42.5 Å². The Kier molecular flexibility index (Phi) is 10.1. The van der Waals surface area contributed by atoms with Crippen LogP contribution < -0.4 is 15.0 Å². The summed E-state index contributed by atoms with van der Waals surface area (Å²) in [6.45, 7) is 1.40. The SMILES string of the molecule is CNC(=O)C1CCN(c2cc(C(F)(F)F)ccc2[C@H]2CN(C(=O)[C@]3(F)CN(C4CCCC4)C[C@H]3c3ccc(OC)cc3)C[C@@H]2CC#N)CC1. The standard InChI is InChI=1S/C37H45F4N5O3/c1-43-34(47)25-14-17-44(18-15-25)33-19-27(37(39,40)41)9-12-30(33)31-21-45(20-26(31)13-16-42)35(48)36(38)23-46(28-5-3-4-6-28)22-32(36)24-7-10-29(49-2)11-8-24/h7-12,19,25-26,28,31-32H,3-6,13-15,17-18,20-23H2,1-2H3,(H,43,47)/t26-,31-,32-,36-/m0/s1. The average molecular weight is 684 g/mol. The van der Waals surface area contributed by atoms with Crippen molar-refractivity contribution in [3.05, 3.63) is 59.2 Å². The molecule has 2 amide bonds. The highest BCUT2D eigenvalue weighted by Gasteiger charge is 2.57. The van der Waals surface area contributed by atoms with E-state index in [1.807, 2.05) is 17.0 Å². The molecule has 1 aliphatic carbocycles. The molecular weight excluding hydrogens is 638 g/mol. The maximum atomic E-state index is 17.6. The topological polar surface area (TPSA) is 88.9 Å². The number of alkyl halides is 4. The van der Waals surface area contributed by atoms with Crippen LogP contribution in [0.25, 0.3) is 0 Å². The zero-order valence-corrected chi connectivity index (χ0v) is 28.1. The Labute approximate surface area is 285 Å². The van der Waals surface area contributed by atoms with Crippen LogP contribution in [-0.4, -0.2) is 86.8 Å². The number of methoxy groups -OCH3 is 1. The highest BCUT2D eigenvalue weighted by Crippen LogP contribution is 2.47. The minimum Gasteiger partial charge on any atom is -0.497 e. The van der Waals surface area contributed by atoms with Crippen molar-refractivity contribution in [3.8, 4) is 11.8 Å². The molecule has 0 bridgehead atoms. The van der Waals surface area contributed by atoms with E-state index in [0.717, 1.165) is 37.8 Å². The van der Waals surface area contributed by atoms with Crippen molar-refractivity contribution in [1.82, 2.24) is 15.1 Å². The van der Waals surface area contributed by atoms with Crippen LogP contribution in [0.2, 0.25) is 0 Å². The molecule has 4 aliphatic rings.